The molecular weight excluding hydrogens is 304 g/mol. The van der Waals surface area contributed by atoms with E-state index < -0.39 is 6.04 Å². The van der Waals surface area contributed by atoms with Crippen molar-refractivity contribution in [1.82, 2.24) is 10.2 Å². The molecule has 2 aromatic carbocycles. The second kappa shape index (κ2) is 8.15. The Labute approximate surface area is 142 Å². The number of methoxy groups -OCH3 is 1. The van der Waals surface area contributed by atoms with Gasteiger partial charge in [-0.05, 0) is 36.8 Å². The number of ether oxygens (including phenoxy) is 1. The molecule has 0 aliphatic rings. The highest BCUT2D eigenvalue weighted by Crippen LogP contribution is 2.13. The lowest BCUT2D eigenvalue weighted by atomic mass is 10.1. The number of hydrogen-bond donors (Lipinski definition) is 1. The molecule has 0 heterocycles. The van der Waals surface area contributed by atoms with Crippen LogP contribution < -0.4 is 10.1 Å². The molecule has 0 aliphatic carbocycles. The van der Waals surface area contributed by atoms with Crippen molar-refractivity contribution in [3.05, 3.63) is 65.7 Å². The quantitative estimate of drug-likeness (QED) is 0.887. The van der Waals surface area contributed by atoms with E-state index in [1.165, 1.54) is 0 Å². The summed E-state index contributed by atoms with van der Waals surface area (Å²) in [6.07, 6.45) is 0. The Bertz CT molecular complexity index is 684. The molecule has 1 atom stereocenters. The molecule has 0 fully saturated rings. The highest BCUT2D eigenvalue weighted by molar-refractivity contribution is 5.97. The molecule has 24 heavy (non-hydrogen) atoms. The van der Waals surface area contributed by atoms with Gasteiger partial charge in [0.2, 0.25) is 5.91 Å². The first-order valence-electron chi connectivity index (χ1n) is 7.75. The van der Waals surface area contributed by atoms with E-state index in [9.17, 15) is 9.59 Å². The van der Waals surface area contributed by atoms with Crippen LogP contribution >= 0.6 is 0 Å². The van der Waals surface area contributed by atoms with E-state index in [1.54, 1.807) is 50.2 Å². The zero-order chi connectivity index (χ0) is 17.5. The first kappa shape index (κ1) is 17.5. The summed E-state index contributed by atoms with van der Waals surface area (Å²) >= 11 is 0. The van der Waals surface area contributed by atoms with E-state index in [1.807, 2.05) is 30.3 Å². The fourth-order valence-corrected chi connectivity index (χ4v) is 2.34. The van der Waals surface area contributed by atoms with Gasteiger partial charge in [-0.2, -0.15) is 0 Å². The SMILES string of the molecule is COc1ccc(CN(C)C(=O)C(C)NC(=O)c2ccccc2)cc1. The predicted molar refractivity (Wildman–Crippen MR) is 92.8 cm³/mol. The minimum atomic E-state index is -0.596. The normalized spacial score (nSPS) is 11.5. The number of hydrogen-bond acceptors (Lipinski definition) is 3. The average Bonchev–Trinajstić information content (AvgIpc) is 2.62. The Morgan fingerprint density at radius 1 is 1.08 bits per heavy atom. The molecular formula is C19H22N2O3. The number of benzene rings is 2. The van der Waals surface area contributed by atoms with Crippen LogP contribution in [0.4, 0.5) is 0 Å². The molecule has 1 unspecified atom stereocenters. The topological polar surface area (TPSA) is 58.6 Å². The van der Waals surface area contributed by atoms with Crippen molar-refractivity contribution in [3.8, 4) is 5.75 Å². The summed E-state index contributed by atoms with van der Waals surface area (Å²) in [6, 6.07) is 15.8. The van der Waals surface area contributed by atoms with Crippen molar-refractivity contribution >= 4 is 11.8 Å². The molecule has 0 spiro atoms. The maximum atomic E-state index is 12.4. The molecule has 2 aromatic rings. The zero-order valence-corrected chi connectivity index (χ0v) is 14.2. The molecule has 0 saturated carbocycles. The third-order valence-electron chi connectivity index (χ3n) is 3.71. The maximum Gasteiger partial charge on any atom is 0.251 e. The fourth-order valence-electron chi connectivity index (χ4n) is 2.34. The fraction of sp³-hybridized carbons (Fsp3) is 0.263. The van der Waals surface area contributed by atoms with Gasteiger partial charge in [0.05, 0.1) is 7.11 Å². The number of amides is 2. The zero-order valence-electron chi connectivity index (χ0n) is 14.2. The summed E-state index contributed by atoms with van der Waals surface area (Å²) in [5.74, 6) is 0.376. The first-order valence-corrected chi connectivity index (χ1v) is 7.75. The smallest absolute Gasteiger partial charge is 0.251 e. The Hall–Kier alpha value is -2.82. The lowest BCUT2D eigenvalue weighted by Crippen LogP contribution is -2.45. The summed E-state index contributed by atoms with van der Waals surface area (Å²) in [4.78, 5) is 26.1. The molecule has 0 radical (unpaired) electrons. The standard InChI is InChI=1S/C19H22N2O3/c1-14(20-18(22)16-7-5-4-6-8-16)19(23)21(2)13-15-9-11-17(24-3)12-10-15/h4-12,14H,13H2,1-3H3,(H,20,22). The summed E-state index contributed by atoms with van der Waals surface area (Å²) in [6.45, 7) is 2.15. The van der Waals surface area contributed by atoms with Crippen molar-refractivity contribution in [2.45, 2.75) is 19.5 Å². The van der Waals surface area contributed by atoms with Crippen molar-refractivity contribution in [2.24, 2.45) is 0 Å². The van der Waals surface area contributed by atoms with Crippen molar-refractivity contribution in [1.29, 1.82) is 0 Å². The van der Waals surface area contributed by atoms with Crippen molar-refractivity contribution in [2.75, 3.05) is 14.2 Å². The number of nitrogens with zero attached hydrogens (tertiary/aromatic N) is 1. The van der Waals surface area contributed by atoms with Gasteiger partial charge in [0.1, 0.15) is 11.8 Å². The molecule has 2 rings (SSSR count). The van der Waals surface area contributed by atoms with Gasteiger partial charge < -0.3 is 15.0 Å². The third kappa shape index (κ3) is 4.59. The van der Waals surface area contributed by atoms with Crippen LogP contribution in [0, 0.1) is 0 Å². The van der Waals surface area contributed by atoms with Crippen LogP contribution in [0.2, 0.25) is 0 Å². The van der Waals surface area contributed by atoms with Gasteiger partial charge in [0.15, 0.2) is 0 Å². The van der Waals surface area contributed by atoms with Gasteiger partial charge in [0, 0.05) is 19.2 Å². The van der Waals surface area contributed by atoms with E-state index in [2.05, 4.69) is 5.32 Å². The van der Waals surface area contributed by atoms with Crippen molar-refractivity contribution < 1.29 is 14.3 Å². The molecule has 1 N–H and O–H groups in total. The van der Waals surface area contributed by atoms with Crippen LogP contribution in [-0.2, 0) is 11.3 Å². The number of rotatable bonds is 6. The largest absolute Gasteiger partial charge is 0.497 e. The highest BCUT2D eigenvalue weighted by atomic mass is 16.5. The van der Waals surface area contributed by atoms with Gasteiger partial charge >= 0.3 is 0 Å². The molecule has 5 nitrogen and oxygen atoms in total. The van der Waals surface area contributed by atoms with E-state index in [4.69, 9.17) is 4.74 Å². The summed E-state index contributed by atoms with van der Waals surface area (Å²) in [5.41, 5.74) is 1.53. The number of likely N-dealkylation sites (N-methyl/N-ethyl adjacent to an activating group) is 1. The van der Waals surface area contributed by atoms with Gasteiger partial charge in [-0.1, -0.05) is 30.3 Å². The maximum absolute atomic E-state index is 12.4. The van der Waals surface area contributed by atoms with Gasteiger partial charge in [-0.25, -0.2) is 0 Å². The lowest BCUT2D eigenvalue weighted by molar-refractivity contribution is -0.132. The Kier molecular flexibility index (Phi) is 5.95. The predicted octanol–water partition coefficient (Wildman–Crippen LogP) is 2.47. The number of nitrogens with one attached hydrogen (secondary N) is 1. The summed E-state index contributed by atoms with van der Waals surface area (Å²) in [7, 11) is 3.33. The van der Waals surface area contributed by atoms with Gasteiger partial charge in [-0.3, -0.25) is 9.59 Å². The monoisotopic (exact) mass is 326 g/mol. The summed E-state index contributed by atoms with van der Waals surface area (Å²) in [5, 5.41) is 2.73. The third-order valence-corrected chi connectivity index (χ3v) is 3.71. The first-order chi connectivity index (χ1) is 11.5. The van der Waals surface area contributed by atoms with Crippen LogP contribution in [0.15, 0.2) is 54.6 Å². The van der Waals surface area contributed by atoms with Gasteiger partial charge in [-0.15, -0.1) is 0 Å². The van der Waals surface area contributed by atoms with Crippen molar-refractivity contribution in [3.63, 3.8) is 0 Å². The molecule has 0 aliphatic heterocycles. The highest BCUT2D eigenvalue weighted by Gasteiger charge is 2.20. The van der Waals surface area contributed by atoms with Gasteiger partial charge in [0.25, 0.3) is 5.91 Å². The molecule has 5 heteroatoms. The Balaban J connectivity index is 1.92. The Morgan fingerprint density at radius 2 is 1.71 bits per heavy atom. The molecule has 2 amide bonds. The van der Waals surface area contributed by atoms with E-state index in [-0.39, 0.29) is 11.8 Å². The van der Waals surface area contributed by atoms with Crippen LogP contribution in [0.25, 0.3) is 0 Å². The lowest BCUT2D eigenvalue weighted by Gasteiger charge is -2.22. The minimum Gasteiger partial charge on any atom is -0.497 e. The van der Waals surface area contributed by atoms with Crippen LogP contribution in [0.3, 0.4) is 0 Å². The molecule has 0 aromatic heterocycles. The minimum absolute atomic E-state index is 0.143. The van der Waals surface area contributed by atoms with Crippen LogP contribution in [0.5, 0.6) is 5.75 Å². The number of carbonyl (C=O) groups excluding carboxylic acids is 2. The molecule has 126 valence electrons. The Morgan fingerprint density at radius 3 is 2.29 bits per heavy atom. The molecule has 0 saturated heterocycles. The van der Waals surface area contributed by atoms with E-state index in [0.717, 1.165) is 11.3 Å². The second-order valence-electron chi connectivity index (χ2n) is 5.60. The van der Waals surface area contributed by atoms with E-state index in [0.29, 0.717) is 12.1 Å². The van der Waals surface area contributed by atoms with Crippen LogP contribution in [-0.4, -0.2) is 36.9 Å². The average molecular weight is 326 g/mol. The number of carbonyl (C=O) groups is 2. The van der Waals surface area contributed by atoms with E-state index >= 15 is 0 Å². The van der Waals surface area contributed by atoms with Crippen LogP contribution in [0.1, 0.15) is 22.8 Å². The summed E-state index contributed by atoms with van der Waals surface area (Å²) < 4.78 is 5.12. The molecule has 0 bridgehead atoms. The second-order valence-corrected chi connectivity index (χ2v) is 5.60.